The van der Waals surface area contributed by atoms with Crippen molar-refractivity contribution >= 4 is 23.1 Å². The second-order valence-corrected chi connectivity index (χ2v) is 2.84. The van der Waals surface area contributed by atoms with Crippen molar-refractivity contribution in [1.82, 2.24) is 0 Å². The van der Waals surface area contributed by atoms with E-state index in [1.165, 1.54) is 18.2 Å². The van der Waals surface area contributed by atoms with E-state index in [1.807, 2.05) is 0 Å². The molecule has 0 aliphatic rings. The van der Waals surface area contributed by atoms with Gasteiger partial charge in [-0.3, -0.25) is 10.1 Å². The van der Waals surface area contributed by atoms with Gasteiger partial charge in [-0.2, -0.15) is 5.10 Å². The molecule has 0 aliphatic heterocycles. The highest BCUT2D eigenvalue weighted by molar-refractivity contribution is 6.32. The molecule has 14 heavy (non-hydrogen) atoms. The molecule has 0 atom stereocenters. The van der Waals surface area contributed by atoms with Gasteiger partial charge in [0.2, 0.25) is 0 Å². The second-order valence-electron chi connectivity index (χ2n) is 2.44. The normalized spacial score (nSPS) is 11.4. The van der Waals surface area contributed by atoms with Gasteiger partial charge in [-0.25, -0.2) is 0 Å². The van der Waals surface area contributed by atoms with Crippen molar-refractivity contribution in [3.63, 3.8) is 0 Å². The second kappa shape index (κ2) is 3.93. The number of halogens is 1. The van der Waals surface area contributed by atoms with Crippen molar-refractivity contribution in [3.8, 4) is 0 Å². The van der Waals surface area contributed by atoms with Crippen LogP contribution in [0.2, 0.25) is 5.02 Å². The lowest BCUT2D eigenvalue weighted by atomic mass is 10.2. The Kier molecular flexibility index (Phi) is 2.88. The number of rotatable bonds is 2. The van der Waals surface area contributed by atoms with Gasteiger partial charge < -0.3 is 11.6 Å². The Morgan fingerprint density at radius 2 is 2.21 bits per heavy atom. The molecule has 6 nitrogen and oxygen atoms in total. The highest BCUT2D eigenvalue weighted by Crippen LogP contribution is 2.24. The zero-order valence-electron chi connectivity index (χ0n) is 6.98. The summed E-state index contributed by atoms with van der Waals surface area (Å²) in [6.07, 6.45) is 0. The molecule has 4 N–H and O–H groups in total. The van der Waals surface area contributed by atoms with Gasteiger partial charge in [0, 0.05) is 11.6 Å². The minimum Gasteiger partial charge on any atom is -0.382 e. The molecule has 0 aromatic heterocycles. The van der Waals surface area contributed by atoms with Crippen molar-refractivity contribution < 1.29 is 4.92 Å². The van der Waals surface area contributed by atoms with Gasteiger partial charge in [0.05, 0.1) is 4.92 Å². The van der Waals surface area contributed by atoms with Crippen molar-refractivity contribution in [3.05, 3.63) is 38.9 Å². The van der Waals surface area contributed by atoms with Gasteiger partial charge in [-0.1, -0.05) is 11.6 Å². The predicted octanol–water partition coefficient (Wildman–Crippen LogP) is 0.827. The maximum absolute atomic E-state index is 10.5. The third-order valence-corrected chi connectivity index (χ3v) is 1.90. The van der Waals surface area contributed by atoms with E-state index < -0.39 is 4.92 Å². The van der Waals surface area contributed by atoms with E-state index in [-0.39, 0.29) is 16.5 Å². The summed E-state index contributed by atoms with van der Waals surface area (Å²) in [4.78, 5) is 9.89. The molecule has 0 saturated carbocycles. The minimum absolute atomic E-state index is 0.0183. The lowest BCUT2D eigenvalue weighted by Gasteiger charge is -2.00. The number of benzene rings is 1. The first-order valence-corrected chi connectivity index (χ1v) is 3.91. The largest absolute Gasteiger partial charge is 0.382 e. The van der Waals surface area contributed by atoms with Crippen LogP contribution in [0.1, 0.15) is 5.56 Å². The molecule has 0 aliphatic carbocycles. The third-order valence-electron chi connectivity index (χ3n) is 1.58. The maximum Gasteiger partial charge on any atom is 0.288 e. The van der Waals surface area contributed by atoms with Gasteiger partial charge >= 0.3 is 0 Å². The lowest BCUT2D eigenvalue weighted by Crippen LogP contribution is -2.15. The van der Waals surface area contributed by atoms with E-state index in [0.717, 1.165) is 0 Å². The SMILES string of the molecule is N/N=C(\N)c1ccc(Cl)c([N+](=O)[O-])c1. The van der Waals surface area contributed by atoms with Crippen LogP contribution in [0.15, 0.2) is 23.3 Å². The van der Waals surface area contributed by atoms with Crippen LogP contribution in [-0.2, 0) is 0 Å². The molecule has 0 fully saturated rings. The highest BCUT2D eigenvalue weighted by atomic mass is 35.5. The quantitative estimate of drug-likeness (QED) is 0.250. The van der Waals surface area contributed by atoms with Crippen LogP contribution in [0.5, 0.6) is 0 Å². The van der Waals surface area contributed by atoms with Crippen LogP contribution in [0, 0.1) is 10.1 Å². The Morgan fingerprint density at radius 1 is 1.57 bits per heavy atom. The van der Waals surface area contributed by atoms with E-state index in [0.29, 0.717) is 5.56 Å². The third kappa shape index (κ3) is 1.91. The number of nitro benzene ring substituents is 1. The van der Waals surface area contributed by atoms with Crippen LogP contribution in [-0.4, -0.2) is 10.8 Å². The van der Waals surface area contributed by atoms with Gasteiger partial charge in [0.1, 0.15) is 5.02 Å². The summed E-state index contributed by atoms with van der Waals surface area (Å²) in [5, 5.41) is 13.8. The molecular formula is C7H7ClN4O2. The van der Waals surface area contributed by atoms with Crippen molar-refractivity contribution in [2.24, 2.45) is 16.7 Å². The number of nitro groups is 1. The number of nitrogens with two attached hydrogens (primary N) is 2. The molecule has 0 bridgehead atoms. The average Bonchev–Trinajstić information content (AvgIpc) is 2.17. The summed E-state index contributed by atoms with van der Waals surface area (Å²) >= 11 is 5.59. The standard InChI is InChI=1S/C7H7ClN4O2/c8-5-2-1-4(7(9)11-10)3-6(5)12(13)14/h1-3H,10H2,(H2,9,11). The van der Waals surface area contributed by atoms with Crippen LogP contribution in [0.25, 0.3) is 0 Å². The number of hydrogen-bond donors (Lipinski definition) is 2. The van der Waals surface area contributed by atoms with Gasteiger partial charge in [0.25, 0.3) is 5.69 Å². The number of hydrazone groups is 1. The minimum atomic E-state index is -0.602. The molecule has 1 aromatic rings. The Labute approximate surface area is 84.3 Å². The van der Waals surface area contributed by atoms with Crippen LogP contribution < -0.4 is 11.6 Å². The fourth-order valence-electron chi connectivity index (χ4n) is 0.886. The molecular weight excluding hydrogens is 208 g/mol. The van der Waals surface area contributed by atoms with E-state index in [9.17, 15) is 10.1 Å². The summed E-state index contributed by atoms with van der Waals surface area (Å²) in [7, 11) is 0. The average molecular weight is 215 g/mol. The zero-order chi connectivity index (χ0) is 10.7. The van der Waals surface area contributed by atoms with Crippen LogP contribution in [0.4, 0.5) is 5.69 Å². The summed E-state index contributed by atoms with van der Waals surface area (Å²) in [5.74, 6) is 4.95. The smallest absolute Gasteiger partial charge is 0.288 e. The van der Waals surface area contributed by atoms with Gasteiger partial charge in [-0.15, -0.1) is 0 Å². The van der Waals surface area contributed by atoms with Gasteiger partial charge in [0.15, 0.2) is 5.84 Å². The van der Waals surface area contributed by atoms with Crippen LogP contribution >= 0.6 is 11.6 Å². The molecule has 0 saturated heterocycles. The summed E-state index contributed by atoms with van der Waals surface area (Å²) in [5.41, 5.74) is 5.51. The number of hydrogen-bond acceptors (Lipinski definition) is 4. The first kappa shape index (κ1) is 10.3. The maximum atomic E-state index is 10.5. The Balaban J connectivity index is 3.26. The van der Waals surface area contributed by atoms with Gasteiger partial charge in [-0.05, 0) is 12.1 Å². The molecule has 0 radical (unpaired) electrons. The summed E-state index contributed by atoms with van der Waals surface area (Å²) in [6, 6.07) is 4.09. The molecule has 7 heteroatoms. The molecule has 0 unspecified atom stereocenters. The topological polar surface area (TPSA) is 108 Å². The first-order valence-electron chi connectivity index (χ1n) is 3.54. The van der Waals surface area contributed by atoms with Crippen molar-refractivity contribution in [2.45, 2.75) is 0 Å². The van der Waals surface area contributed by atoms with Crippen molar-refractivity contribution in [1.29, 1.82) is 0 Å². The van der Waals surface area contributed by atoms with E-state index in [1.54, 1.807) is 0 Å². The molecule has 0 heterocycles. The molecule has 0 amide bonds. The summed E-state index contributed by atoms with van der Waals surface area (Å²) < 4.78 is 0. The fourth-order valence-corrected chi connectivity index (χ4v) is 1.07. The van der Waals surface area contributed by atoms with E-state index in [2.05, 4.69) is 5.10 Å². The van der Waals surface area contributed by atoms with Crippen LogP contribution in [0.3, 0.4) is 0 Å². The van der Waals surface area contributed by atoms with E-state index >= 15 is 0 Å². The molecule has 1 aromatic carbocycles. The fraction of sp³-hybridized carbons (Fsp3) is 0. The summed E-state index contributed by atoms with van der Waals surface area (Å²) in [6.45, 7) is 0. The monoisotopic (exact) mass is 214 g/mol. The lowest BCUT2D eigenvalue weighted by molar-refractivity contribution is -0.384. The molecule has 1 rings (SSSR count). The Hall–Kier alpha value is -1.82. The predicted molar refractivity (Wildman–Crippen MR) is 53.0 cm³/mol. The molecule has 74 valence electrons. The first-order chi connectivity index (χ1) is 6.56. The Bertz CT molecular complexity index is 405. The van der Waals surface area contributed by atoms with E-state index in [4.69, 9.17) is 23.2 Å². The van der Waals surface area contributed by atoms with Crippen molar-refractivity contribution in [2.75, 3.05) is 0 Å². The zero-order valence-corrected chi connectivity index (χ0v) is 7.73. The number of nitrogens with zero attached hydrogens (tertiary/aromatic N) is 2. The highest BCUT2D eigenvalue weighted by Gasteiger charge is 2.13. The Morgan fingerprint density at radius 3 is 2.71 bits per heavy atom. The molecule has 0 spiro atoms. The number of amidine groups is 1.